The van der Waals surface area contributed by atoms with Gasteiger partial charge >= 0.3 is 6.61 Å². The van der Waals surface area contributed by atoms with E-state index in [0.29, 0.717) is 44.2 Å². The van der Waals surface area contributed by atoms with Gasteiger partial charge in [-0.05, 0) is 31.5 Å². The van der Waals surface area contributed by atoms with Gasteiger partial charge < -0.3 is 19.5 Å². The molecule has 0 aliphatic carbocycles. The Balaban J connectivity index is 1.57. The van der Waals surface area contributed by atoms with Crippen LogP contribution in [0.5, 0.6) is 5.75 Å². The average molecular weight is 422 g/mol. The lowest BCUT2D eigenvalue weighted by Gasteiger charge is -2.38. The summed E-state index contributed by atoms with van der Waals surface area (Å²) in [7, 11) is 0. The summed E-state index contributed by atoms with van der Waals surface area (Å²) in [5, 5.41) is 6.53. The highest BCUT2D eigenvalue weighted by Gasteiger charge is 2.30. The molecule has 1 aromatic heterocycles. The molecule has 162 valence electrons. The van der Waals surface area contributed by atoms with Gasteiger partial charge in [0.1, 0.15) is 11.5 Å². The first-order valence-corrected chi connectivity index (χ1v) is 9.69. The number of nitrogens with one attached hydrogen (secondary N) is 1. The molecule has 3 rings (SSSR count). The van der Waals surface area contributed by atoms with Crippen molar-refractivity contribution < 1.29 is 27.6 Å². The highest BCUT2D eigenvalue weighted by atomic mass is 19.3. The van der Waals surface area contributed by atoms with Crippen LogP contribution in [-0.2, 0) is 4.79 Å². The molecule has 8 nitrogen and oxygen atoms in total. The van der Waals surface area contributed by atoms with Crippen molar-refractivity contribution in [2.75, 3.05) is 31.5 Å². The summed E-state index contributed by atoms with van der Waals surface area (Å²) in [6.07, 6.45) is 0.601. The third-order valence-electron chi connectivity index (χ3n) is 4.92. The minimum atomic E-state index is -2.95. The maximum Gasteiger partial charge on any atom is 0.387 e. The zero-order chi connectivity index (χ0) is 21.7. The van der Waals surface area contributed by atoms with Crippen LogP contribution in [0.1, 0.15) is 29.5 Å². The molecule has 1 aromatic carbocycles. The minimum absolute atomic E-state index is 0.0553. The number of alkyl halides is 2. The number of piperazine rings is 1. The van der Waals surface area contributed by atoms with Crippen LogP contribution in [0, 0.1) is 6.92 Å². The number of aryl methyl sites for hydroxylation is 1. The molecular weight excluding hydrogens is 398 g/mol. The van der Waals surface area contributed by atoms with E-state index in [4.69, 9.17) is 4.52 Å². The van der Waals surface area contributed by atoms with Crippen molar-refractivity contribution in [2.45, 2.75) is 32.9 Å². The SMILES string of the molecule is CC[C@@H](C(=O)Nc1cc(C)on1)N1CCN(C(=O)c2cccc(OC(F)F)c2)CC1. The molecule has 1 aliphatic rings. The third-order valence-corrected chi connectivity index (χ3v) is 4.92. The van der Waals surface area contributed by atoms with Gasteiger partial charge in [0, 0.05) is 37.8 Å². The van der Waals surface area contributed by atoms with E-state index < -0.39 is 6.61 Å². The number of rotatable bonds is 7. The van der Waals surface area contributed by atoms with Crippen LogP contribution >= 0.6 is 0 Å². The van der Waals surface area contributed by atoms with Crippen LogP contribution in [0.2, 0.25) is 0 Å². The fraction of sp³-hybridized carbons (Fsp3) is 0.450. The summed E-state index contributed by atoms with van der Waals surface area (Å²) < 4.78 is 34.1. The van der Waals surface area contributed by atoms with E-state index in [2.05, 4.69) is 15.2 Å². The van der Waals surface area contributed by atoms with Crippen LogP contribution in [-0.4, -0.2) is 65.6 Å². The molecule has 0 bridgehead atoms. The van der Waals surface area contributed by atoms with Crippen LogP contribution in [0.15, 0.2) is 34.9 Å². The number of aromatic nitrogens is 1. The van der Waals surface area contributed by atoms with Gasteiger partial charge in [0.05, 0.1) is 6.04 Å². The first-order chi connectivity index (χ1) is 14.4. The van der Waals surface area contributed by atoms with E-state index in [9.17, 15) is 18.4 Å². The highest BCUT2D eigenvalue weighted by Crippen LogP contribution is 2.19. The van der Waals surface area contributed by atoms with Crippen molar-refractivity contribution in [2.24, 2.45) is 0 Å². The lowest BCUT2D eigenvalue weighted by molar-refractivity contribution is -0.122. The van der Waals surface area contributed by atoms with Crippen LogP contribution in [0.3, 0.4) is 0 Å². The molecule has 1 atom stereocenters. The second-order valence-corrected chi connectivity index (χ2v) is 6.97. The van der Waals surface area contributed by atoms with Crippen molar-refractivity contribution in [1.29, 1.82) is 0 Å². The maximum absolute atomic E-state index is 12.7. The van der Waals surface area contributed by atoms with Gasteiger partial charge in [-0.15, -0.1) is 0 Å². The summed E-state index contributed by atoms with van der Waals surface area (Å²) >= 11 is 0. The van der Waals surface area contributed by atoms with Gasteiger partial charge in [0.25, 0.3) is 5.91 Å². The molecule has 2 amide bonds. The standard InChI is InChI=1S/C20H24F2N4O4/c1-3-16(18(27)23-17-11-13(2)30-24-17)25-7-9-26(10-8-25)19(28)14-5-4-6-15(12-14)29-20(21)22/h4-6,11-12,16,20H,3,7-10H2,1-2H3,(H,23,24,27)/t16-/m0/s1. The molecule has 1 fully saturated rings. The van der Waals surface area contributed by atoms with Crippen LogP contribution in [0.25, 0.3) is 0 Å². The van der Waals surface area contributed by atoms with E-state index in [0.717, 1.165) is 0 Å². The largest absolute Gasteiger partial charge is 0.435 e. The normalized spacial score (nSPS) is 15.8. The lowest BCUT2D eigenvalue weighted by atomic mass is 10.1. The molecule has 1 aliphatic heterocycles. The Morgan fingerprint density at radius 1 is 1.23 bits per heavy atom. The van der Waals surface area contributed by atoms with E-state index in [1.807, 2.05) is 11.8 Å². The molecule has 0 unspecified atom stereocenters. The quantitative estimate of drug-likeness (QED) is 0.738. The molecular formula is C20H24F2N4O4. The Kier molecular flexibility index (Phi) is 6.99. The Morgan fingerprint density at radius 2 is 1.97 bits per heavy atom. The number of anilines is 1. The summed E-state index contributed by atoms with van der Waals surface area (Å²) in [6, 6.07) is 7.04. The van der Waals surface area contributed by atoms with Crippen molar-refractivity contribution in [3.8, 4) is 5.75 Å². The Labute approximate surface area is 172 Å². The molecule has 1 saturated heterocycles. The molecule has 0 spiro atoms. The van der Waals surface area contributed by atoms with Gasteiger partial charge in [-0.25, -0.2) is 0 Å². The second kappa shape index (κ2) is 9.66. The van der Waals surface area contributed by atoms with Gasteiger partial charge in [0.15, 0.2) is 5.82 Å². The van der Waals surface area contributed by atoms with Gasteiger partial charge in [-0.3, -0.25) is 14.5 Å². The van der Waals surface area contributed by atoms with E-state index in [1.54, 1.807) is 24.0 Å². The number of amides is 2. The number of hydrogen-bond acceptors (Lipinski definition) is 6. The number of halogens is 2. The molecule has 30 heavy (non-hydrogen) atoms. The van der Waals surface area contributed by atoms with Gasteiger partial charge in [-0.1, -0.05) is 18.1 Å². The zero-order valence-electron chi connectivity index (χ0n) is 16.8. The first-order valence-electron chi connectivity index (χ1n) is 9.69. The number of ether oxygens (including phenoxy) is 1. The third kappa shape index (κ3) is 5.32. The molecule has 1 N–H and O–H groups in total. The average Bonchev–Trinajstić information content (AvgIpc) is 3.12. The molecule has 2 heterocycles. The Morgan fingerprint density at radius 3 is 2.57 bits per heavy atom. The maximum atomic E-state index is 12.7. The second-order valence-electron chi connectivity index (χ2n) is 6.97. The van der Waals surface area contributed by atoms with Gasteiger partial charge in [-0.2, -0.15) is 8.78 Å². The zero-order valence-corrected chi connectivity index (χ0v) is 16.8. The van der Waals surface area contributed by atoms with E-state index in [-0.39, 0.29) is 29.2 Å². The van der Waals surface area contributed by atoms with Crippen molar-refractivity contribution in [3.63, 3.8) is 0 Å². The number of carbonyl (C=O) groups is 2. The summed E-state index contributed by atoms with van der Waals surface area (Å²) in [5.41, 5.74) is 0.285. The van der Waals surface area contributed by atoms with Crippen LogP contribution in [0.4, 0.5) is 14.6 Å². The fourth-order valence-electron chi connectivity index (χ4n) is 3.47. The van der Waals surface area contributed by atoms with E-state index in [1.165, 1.54) is 18.2 Å². The predicted octanol–water partition coefficient (Wildman–Crippen LogP) is 2.76. The lowest BCUT2D eigenvalue weighted by Crippen LogP contribution is -2.54. The first kappa shape index (κ1) is 21.7. The molecule has 0 radical (unpaired) electrons. The summed E-state index contributed by atoms with van der Waals surface area (Å²) in [5.74, 6) is 0.483. The molecule has 10 heteroatoms. The number of carbonyl (C=O) groups excluding carboxylic acids is 2. The Bertz CT molecular complexity index is 881. The minimum Gasteiger partial charge on any atom is -0.435 e. The van der Waals surface area contributed by atoms with Crippen molar-refractivity contribution in [1.82, 2.24) is 15.0 Å². The van der Waals surface area contributed by atoms with Crippen LogP contribution < -0.4 is 10.1 Å². The highest BCUT2D eigenvalue weighted by molar-refractivity contribution is 5.95. The molecule has 0 saturated carbocycles. The molecule has 2 aromatic rings. The number of benzene rings is 1. The topological polar surface area (TPSA) is 87.9 Å². The van der Waals surface area contributed by atoms with Crippen molar-refractivity contribution in [3.05, 3.63) is 41.7 Å². The smallest absolute Gasteiger partial charge is 0.387 e. The number of hydrogen-bond donors (Lipinski definition) is 1. The predicted molar refractivity (Wildman–Crippen MR) is 104 cm³/mol. The van der Waals surface area contributed by atoms with E-state index >= 15 is 0 Å². The summed E-state index contributed by atoms with van der Waals surface area (Å²) in [4.78, 5) is 29.0. The summed E-state index contributed by atoms with van der Waals surface area (Å²) in [6.45, 7) is 2.59. The van der Waals surface area contributed by atoms with Crippen molar-refractivity contribution >= 4 is 17.6 Å². The fourth-order valence-corrected chi connectivity index (χ4v) is 3.47. The van der Waals surface area contributed by atoms with Gasteiger partial charge in [0.2, 0.25) is 5.91 Å². The number of nitrogens with zero attached hydrogens (tertiary/aromatic N) is 3. The monoisotopic (exact) mass is 422 g/mol. The Hall–Kier alpha value is -3.01.